The van der Waals surface area contributed by atoms with E-state index in [0.717, 1.165) is 103 Å². The van der Waals surface area contributed by atoms with E-state index in [1.165, 1.54) is 205 Å². The molecule has 2 heterocycles. The van der Waals surface area contributed by atoms with E-state index < -0.39 is 86.8 Å². The molecule has 2 aliphatic heterocycles. The van der Waals surface area contributed by atoms with Crippen molar-refractivity contribution in [2.24, 2.45) is 0 Å². The molecule has 14 heteroatoms. The van der Waals surface area contributed by atoms with E-state index in [-0.39, 0.29) is 18.9 Å². The summed E-state index contributed by atoms with van der Waals surface area (Å²) in [5.41, 5.74) is 0. The van der Waals surface area contributed by atoms with Crippen LogP contribution in [0.1, 0.15) is 335 Å². The van der Waals surface area contributed by atoms with Crippen LogP contribution >= 0.6 is 0 Å². The van der Waals surface area contributed by atoms with Crippen molar-refractivity contribution in [3.63, 3.8) is 0 Å². The van der Waals surface area contributed by atoms with Crippen LogP contribution in [0.3, 0.4) is 0 Å². The van der Waals surface area contributed by atoms with Gasteiger partial charge in [-0.15, -0.1) is 0 Å². The molecule has 0 bridgehead atoms. The van der Waals surface area contributed by atoms with Gasteiger partial charge in [-0.05, 0) is 89.9 Å². The Bertz CT molecular complexity index is 2180. The third kappa shape index (κ3) is 52.4. The second kappa shape index (κ2) is 70.4. The van der Waals surface area contributed by atoms with Crippen molar-refractivity contribution >= 4 is 5.91 Å². The van der Waals surface area contributed by atoms with E-state index in [4.69, 9.17) is 18.9 Å². The lowest BCUT2D eigenvalue weighted by molar-refractivity contribution is -0.359. The first-order valence-corrected chi connectivity index (χ1v) is 41.8. The molecule has 0 aromatic carbocycles. The molecule has 12 unspecified atom stereocenters. The van der Waals surface area contributed by atoms with Crippen molar-refractivity contribution < 1.29 is 64.6 Å². The SMILES string of the molecule is CC/C=C\C/C=C\C/C=C\C/C=C\C/C=C\C/C=C\C/C=C\C/C=C\C/C=C\CCCCCCCCCCCCCC(=O)NC(COC1OC(CO)C(OC2OC(CO)C(O)C(O)C2O)C(O)C1O)C(O)/C=C/CCCCCCCCCCCCCCCCCCCCCCCCCCCCC. The molecule has 2 rings (SSSR count). The zero-order valence-corrected chi connectivity index (χ0v) is 64.6. The molecular weight excluding hydrogens is 1280 g/mol. The zero-order valence-electron chi connectivity index (χ0n) is 64.6. The van der Waals surface area contributed by atoms with Crippen LogP contribution in [0.15, 0.2) is 122 Å². The average Bonchev–Trinajstić information content (AvgIpc) is 0.790. The van der Waals surface area contributed by atoms with Gasteiger partial charge in [-0.3, -0.25) is 4.79 Å². The third-order valence-corrected chi connectivity index (χ3v) is 19.7. The number of amides is 1. The van der Waals surface area contributed by atoms with Crippen LogP contribution in [0.4, 0.5) is 0 Å². The highest BCUT2D eigenvalue weighted by molar-refractivity contribution is 5.76. The Morgan fingerprint density at radius 1 is 0.363 bits per heavy atom. The molecule has 14 nitrogen and oxygen atoms in total. The highest BCUT2D eigenvalue weighted by atomic mass is 16.7. The predicted molar refractivity (Wildman–Crippen MR) is 424 cm³/mol. The summed E-state index contributed by atoms with van der Waals surface area (Å²) in [5.74, 6) is -0.243. The number of hydrogen-bond donors (Lipinski definition) is 9. The summed E-state index contributed by atoms with van der Waals surface area (Å²) in [5, 5.41) is 87.8. The molecule has 12 atom stereocenters. The lowest BCUT2D eigenvalue weighted by Crippen LogP contribution is -2.65. The smallest absolute Gasteiger partial charge is 0.220 e. The number of carbonyl (C=O) groups excluding carboxylic acids is 1. The van der Waals surface area contributed by atoms with E-state index >= 15 is 0 Å². The van der Waals surface area contributed by atoms with Gasteiger partial charge in [-0.25, -0.2) is 0 Å². The Hall–Kier alpha value is -3.61. The first-order valence-electron chi connectivity index (χ1n) is 41.8. The molecule has 0 radical (unpaired) electrons. The number of rotatable bonds is 69. The Morgan fingerprint density at radius 2 is 0.676 bits per heavy atom. The highest BCUT2D eigenvalue weighted by Crippen LogP contribution is 2.30. The van der Waals surface area contributed by atoms with Gasteiger partial charge in [0.1, 0.15) is 48.8 Å². The van der Waals surface area contributed by atoms with Gasteiger partial charge in [0.05, 0.1) is 32.0 Å². The molecule has 2 aliphatic rings. The molecule has 0 aliphatic carbocycles. The van der Waals surface area contributed by atoms with Gasteiger partial charge in [0.25, 0.3) is 0 Å². The van der Waals surface area contributed by atoms with E-state index in [1.807, 2.05) is 6.08 Å². The minimum Gasteiger partial charge on any atom is -0.394 e. The van der Waals surface area contributed by atoms with Crippen molar-refractivity contribution in [2.75, 3.05) is 19.8 Å². The minimum atomic E-state index is -1.79. The topological polar surface area (TPSA) is 228 Å². The standard InChI is InChI=1S/C88H153NO13/c1-3-5-7-9-11-13-15-17-19-21-23-25-27-29-31-33-34-35-36-37-38-39-40-41-42-44-46-48-50-52-54-56-58-60-62-64-66-68-70-72-80(93)89-76(75-99-87-85(98)83(96)86(79(74-91)101-87)102-88-84(97)82(95)81(94)78(73-90)100-88)77(92)71-69-67-65-63-61-59-57-55-53-51-49-47-45-43-32-30-28-26-24-22-20-18-16-14-12-10-8-6-4-2/h5,7,11,13,17,19,23,25,29,31,34-35,37-38,40-41,44,46,69,71,76-79,81-88,90-92,94-98H,3-4,6,8-10,12,14-16,18,20-22,24,26-28,30,32-33,36,39,42-43,45,47-68,70,72-75H2,1-2H3,(H,89,93)/b7-5-,13-11-,19-17-,25-23-,31-29-,35-34-,38-37-,41-40-,46-44-,71-69+. The molecule has 102 heavy (non-hydrogen) atoms. The molecule has 0 saturated carbocycles. The van der Waals surface area contributed by atoms with Crippen molar-refractivity contribution in [1.29, 1.82) is 0 Å². The second-order valence-electron chi connectivity index (χ2n) is 28.9. The predicted octanol–water partition coefficient (Wildman–Crippen LogP) is 19.6. The maximum atomic E-state index is 13.4. The van der Waals surface area contributed by atoms with Crippen LogP contribution in [0.5, 0.6) is 0 Å². The van der Waals surface area contributed by atoms with Gasteiger partial charge in [-0.2, -0.15) is 0 Å². The summed E-state index contributed by atoms with van der Waals surface area (Å²) in [4.78, 5) is 13.4. The Balaban J connectivity index is 1.62. The quantitative estimate of drug-likeness (QED) is 0.0204. The van der Waals surface area contributed by atoms with Gasteiger partial charge in [0.2, 0.25) is 5.91 Å². The first kappa shape index (κ1) is 94.5. The summed E-state index contributed by atoms with van der Waals surface area (Å²) in [6.07, 6.45) is 87.0. The van der Waals surface area contributed by atoms with Crippen LogP contribution in [0.2, 0.25) is 0 Å². The third-order valence-electron chi connectivity index (χ3n) is 19.7. The lowest BCUT2D eigenvalue weighted by Gasteiger charge is -2.46. The average molecular weight is 1430 g/mol. The van der Waals surface area contributed by atoms with Gasteiger partial charge >= 0.3 is 0 Å². The van der Waals surface area contributed by atoms with E-state index in [9.17, 15) is 45.6 Å². The second-order valence-corrected chi connectivity index (χ2v) is 28.9. The lowest BCUT2D eigenvalue weighted by atomic mass is 9.97. The Morgan fingerprint density at radius 3 is 1.04 bits per heavy atom. The van der Waals surface area contributed by atoms with Crippen LogP contribution in [0.25, 0.3) is 0 Å². The number of hydrogen-bond acceptors (Lipinski definition) is 13. The molecule has 588 valence electrons. The molecule has 0 spiro atoms. The summed E-state index contributed by atoms with van der Waals surface area (Å²) >= 11 is 0. The van der Waals surface area contributed by atoms with E-state index in [2.05, 4.69) is 129 Å². The van der Waals surface area contributed by atoms with Gasteiger partial charge < -0.3 is 65.1 Å². The highest BCUT2D eigenvalue weighted by Gasteiger charge is 2.51. The summed E-state index contributed by atoms with van der Waals surface area (Å²) < 4.78 is 22.9. The monoisotopic (exact) mass is 1430 g/mol. The first-order chi connectivity index (χ1) is 50.1. The van der Waals surface area contributed by atoms with Crippen molar-refractivity contribution in [2.45, 2.75) is 408 Å². The Labute approximate surface area is 622 Å². The number of aliphatic hydroxyl groups is 8. The molecular formula is C88H153NO13. The molecule has 9 N–H and O–H groups in total. The number of ether oxygens (including phenoxy) is 4. The zero-order chi connectivity index (χ0) is 73.7. The van der Waals surface area contributed by atoms with Crippen LogP contribution < -0.4 is 5.32 Å². The van der Waals surface area contributed by atoms with Crippen LogP contribution in [-0.2, 0) is 23.7 Å². The maximum absolute atomic E-state index is 13.4. The fourth-order valence-electron chi connectivity index (χ4n) is 13.1. The largest absolute Gasteiger partial charge is 0.394 e. The van der Waals surface area contributed by atoms with Gasteiger partial charge in [0.15, 0.2) is 12.6 Å². The van der Waals surface area contributed by atoms with Crippen molar-refractivity contribution in [3.8, 4) is 0 Å². The fourth-order valence-corrected chi connectivity index (χ4v) is 13.1. The molecule has 0 aromatic rings. The number of carbonyl (C=O) groups is 1. The van der Waals surface area contributed by atoms with Crippen molar-refractivity contribution in [1.82, 2.24) is 5.32 Å². The van der Waals surface area contributed by atoms with E-state index in [1.54, 1.807) is 6.08 Å². The number of aliphatic hydroxyl groups excluding tert-OH is 8. The number of nitrogens with one attached hydrogen (secondary N) is 1. The number of unbranched alkanes of at least 4 members (excludes halogenated alkanes) is 38. The van der Waals surface area contributed by atoms with Crippen molar-refractivity contribution in [3.05, 3.63) is 122 Å². The Kier molecular flexibility index (Phi) is 65.2. The normalized spacial score (nSPS) is 22.3. The minimum absolute atomic E-state index is 0.243. The van der Waals surface area contributed by atoms with Gasteiger partial charge in [0, 0.05) is 6.42 Å². The van der Waals surface area contributed by atoms with E-state index in [0.29, 0.717) is 6.42 Å². The summed E-state index contributed by atoms with van der Waals surface area (Å²) in [6, 6.07) is -0.926. The molecule has 2 saturated heterocycles. The summed E-state index contributed by atoms with van der Waals surface area (Å²) in [7, 11) is 0. The van der Waals surface area contributed by atoms with Crippen LogP contribution in [-0.4, -0.2) is 140 Å². The van der Waals surface area contributed by atoms with Gasteiger partial charge in [-0.1, -0.05) is 360 Å². The number of allylic oxidation sites excluding steroid dienone is 19. The fraction of sp³-hybridized carbons (Fsp3) is 0.761. The summed E-state index contributed by atoms with van der Waals surface area (Å²) in [6.45, 7) is 2.72. The molecule has 2 fully saturated rings. The maximum Gasteiger partial charge on any atom is 0.220 e. The van der Waals surface area contributed by atoms with Crippen LogP contribution in [0, 0.1) is 0 Å². The molecule has 0 aromatic heterocycles. The molecule has 1 amide bonds.